The molecule has 0 aliphatic carbocycles. The van der Waals surface area contributed by atoms with E-state index in [0.717, 1.165) is 0 Å². The molecule has 0 spiro atoms. The quantitative estimate of drug-likeness (QED) is 0.674. The summed E-state index contributed by atoms with van der Waals surface area (Å²) in [4.78, 5) is 24.2. The monoisotopic (exact) mass is 414 g/mol. The number of amides is 1. The van der Waals surface area contributed by atoms with Crippen molar-refractivity contribution in [3.05, 3.63) is 64.6 Å². The number of ether oxygens (including phenoxy) is 1. The zero-order valence-corrected chi connectivity index (χ0v) is 16.5. The molecular weight excluding hydrogens is 396 g/mol. The standard InChI is InChI=1S/C19H18N4O5S/c1-12-18(19(25)23(22(12)2)13-6-4-3-5-7-13)21-29(26,27)14-8-9-15-16(10-14)28-11-17(24)20-15/h3-10,21H,11H2,1-2H3,(H,20,24). The van der Waals surface area contributed by atoms with Gasteiger partial charge in [0.25, 0.3) is 21.5 Å². The Morgan fingerprint density at radius 3 is 2.55 bits per heavy atom. The van der Waals surface area contributed by atoms with Crippen LogP contribution in [0.2, 0.25) is 0 Å². The minimum Gasteiger partial charge on any atom is -0.482 e. The van der Waals surface area contributed by atoms with Gasteiger partial charge in [0, 0.05) is 13.1 Å². The molecule has 4 rings (SSSR count). The van der Waals surface area contributed by atoms with Crippen molar-refractivity contribution < 1.29 is 17.9 Å². The van der Waals surface area contributed by atoms with Gasteiger partial charge in [-0.3, -0.25) is 19.0 Å². The van der Waals surface area contributed by atoms with Crippen molar-refractivity contribution in [2.75, 3.05) is 16.6 Å². The number of carbonyl (C=O) groups excluding carboxylic acids is 1. The summed E-state index contributed by atoms with van der Waals surface area (Å²) in [5, 5.41) is 2.60. The van der Waals surface area contributed by atoms with Gasteiger partial charge in [-0.2, -0.15) is 0 Å². The molecule has 10 heteroatoms. The Bertz CT molecular complexity index is 1280. The first kappa shape index (κ1) is 18.8. The van der Waals surface area contributed by atoms with Crippen LogP contribution >= 0.6 is 0 Å². The molecule has 0 radical (unpaired) electrons. The van der Waals surface area contributed by atoms with Gasteiger partial charge < -0.3 is 10.1 Å². The van der Waals surface area contributed by atoms with Crippen LogP contribution < -0.4 is 20.3 Å². The zero-order chi connectivity index (χ0) is 20.8. The van der Waals surface area contributed by atoms with E-state index in [9.17, 15) is 18.0 Å². The first-order chi connectivity index (χ1) is 13.8. The number of para-hydroxylation sites is 1. The van der Waals surface area contributed by atoms with Gasteiger partial charge in [0.15, 0.2) is 6.61 Å². The van der Waals surface area contributed by atoms with Crippen molar-refractivity contribution >= 4 is 27.3 Å². The number of fused-ring (bicyclic) bond motifs is 1. The molecule has 0 saturated carbocycles. The van der Waals surface area contributed by atoms with E-state index < -0.39 is 15.6 Å². The number of aromatic nitrogens is 2. The number of hydrogen-bond donors (Lipinski definition) is 2. The molecule has 1 aliphatic heterocycles. The van der Waals surface area contributed by atoms with Gasteiger partial charge >= 0.3 is 0 Å². The lowest BCUT2D eigenvalue weighted by Crippen LogP contribution is -2.26. The van der Waals surface area contributed by atoms with Crippen LogP contribution in [0.25, 0.3) is 5.69 Å². The molecule has 0 atom stereocenters. The average Bonchev–Trinajstić information content (AvgIpc) is 2.91. The van der Waals surface area contributed by atoms with Crippen molar-refractivity contribution in [1.82, 2.24) is 9.36 Å². The average molecular weight is 414 g/mol. The number of nitrogens with zero attached hydrogens (tertiary/aromatic N) is 2. The minimum absolute atomic E-state index is 0.0386. The molecule has 3 aromatic rings. The number of benzene rings is 2. The first-order valence-electron chi connectivity index (χ1n) is 8.71. The fourth-order valence-corrected chi connectivity index (χ4v) is 4.23. The number of carbonyl (C=O) groups is 1. The highest BCUT2D eigenvalue weighted by Crippen LogP contribution is 2.31. The van der Waals surface area contributed by atoms with Gasteiger partial charge in [0.1, 0.15) is 11.4 Å². The largest absolute Gasteiger partial charge is 0.482 e. The Balaban J connectivity index is 1.73. The maximum absolute atomic E-state index is 12.9. The molecule has 1 amide bonds. The Morgan fingerprint density at radius 1 is 1.10 bits per heavy atom. The molecule has 29 heavy (non-hydrogen) atoms. The van der Waals surface area contributed by atoms with Crippen LogP contribution in [0.3, 0.4) is 0 Å². The van der Waals surface area contributed by atoms with Gasteiger partial charge in [0.05, 0.1) is 22.0 Å². The van der Waals surface area contributed by atoms with Crippen molar-refractivity contribution in [3.63, 3.8) is 0 Å². The maximum atomic E-state index is 12.9. The van der Waals surface area contributed by atoms with Crippen LogP contribution in [-0.4, -0.2) is 30.3 Å². The van der Waals surface area contributed by atoms with Gasteiger partial charge in [-0.05, 0) is 31.2 Å². The van der Waals surface area contributed by atoms with Crippen LogP contribution in [0.15, 0.2) is 58.2 Å². The van der Waals surface area contributed by atoms with Crippen molar-refractivity contribution in [2.24, 2.45) is 7.05 Å². The molecule has 2 heterocycles. The van der Waals surface area contributed by atoms with E-state index in [1.165, 1.54) is 22.9 Å². The zero-order valence-electron chi connectivity index (χ0n) is 15.7. The van der Waals surface area contributed by atoms with Gasteiger partial charge in [-0.1, -0.05) is 18.2 Å². The van der Waals surface area contributed by atoms with Crippen LogP contribution in [0.4, 0.5) is 11.4 Å². The Morgan fingerprint density at radius 2 is 1.83 bits per heavy atom. The lowest BCUT2D eigenvalue weighted by atomic mass is 10.2. The van der Waals surface area contributed by atoms with E-state index in [1.807, 2.05) is 6.07 Å². The second-order valence-corrected chi connectivity index (χ2v) is 8.22. The molecule has 0 bridgehead atoms. The second-order valence-electron chi connectivity index (χ2n) is 6.54. The van der Waals surface area contributed by atoms with Gasteiger partial charge in [-0.15, -0.1) is 0 Å². The summed E-state index contributed by atoms with van der Waals surface area (Å²) in [6.45, 7) is 1.47. The molecule has 0 saturated heterocycles. The third-order valence-electron chi connectivity index (χ3n) is 4.69. The number of hydrogen-bond acceptors (Lipinski definition) is 5. The van der Waals surface area contributed by atoms with E-state index in [1.54, 1.807) is 42.9 Å². The van der Waals surface area contributed by atoms with Crippen LogP contribution in [0.1, 0.15) is 5.69 Å². The third-order valence-corrected chi connectivity index (χ3v) is 6.03. The summed E-state index contributed by atoms with van der Waals surface area (Å²) in [6.07, 6.45) is 0. The van der Waals surface area contributed by atoms with Gasteiger partial charge in [0.2, 0.25) is 0 Å². The van der Waals surface area contributed by atoms with E-state index in [2.05, 4.69) is 10.0 Å². The van der Waals surface area contributed by atoms with Gasteiger partial charge in [-0.25, -0.2) is 13.1 Å². The molecular formula is C19H18N4O5S. The van der Waals surface area contributed by atoms with E-state index in [4.69, 9.17) is 4.74 Å². The predicted octanol–water partition coefficient (Wildman–Crippen LogP) is 1.62. The summed E-state index contributed by atoms with van der Waals surface area (Å²) < 4.78 is 36.4. The molecule has 1 aromatic heterocycles. The van der Waals surface area contributed by atoms with Crippen LogP contribution in [0.5, 0.6) is 5.75 Å². The number of rotatable bonds is 4. The SMILES string of the molecule is Cc1c(NS(=O)(=O)c2ccc3c(c2)OCC(=O)N3)c(=O)n(-c2ccccc2)n1C. The highest BCUT2D eigenvalue weighted by Gasteiger charge is 2.25. The number of anilines is 2. The molecule has 0 unspecified atom stereocenters. The molecule has 150 valence electrons. The minimum atomic E-state index is -4.06. The summed E-state index contributed by atoms with van der Waals surface area (Å²) in [6, 6.07) is 13.0. The smallest absolute Gasteiger partial charge is 0.296 e. The third kappa shape index (κ3) is 3.27. The van der Waals surface area contributed by atoms with Crippen molar-refractivity contribution in [2.45, 2.75) is 11.8 Å². The van der Waals surface area contributed by atoms with Crippen LogP contribution in [0, 0.1) is 6.92 Å². The van der Waals surface area contributed by atoms with E-state index >= 15 is 0 Å². The lowest BCUT2D eigenvalue weighted by Gasteiger charge is -2.18. The Labute approximate surface area is 166 Å². The second kappa shape index (κ2) is 6.82. The Hall–Kier alpha value is -3.53. The van der Waals surface area contributed by atoms with Crippen molar-refractivity contribution in [1.29, 1.82) is 0 Å². The van der Waals surface area contributed by atoms with E-state index in [0.29, 0.717) is 17.1 Å². The molecule has 1 aliphatic rings. The maximum Gasteiger partial charge on any atom is 0.296 e. The number of sulfonamides is 1. The highest BCUT2D eigenvalue weighted by molar-refractivity contribution is 7.92. The fraction of sp³-hybridized carbons (Fsp3) is 0.158. The highest BCUT2D eigenvalue weighted by atomic mass is 32.2. The predicted molar refractivity (Wildman–Crippen MR) is 107 cm³/mol. The molecule has 2 N–H and O–H groups in total. The normalized spacial score (nSPS) is 13.4. The topological polar surface area (TPSA) is 111 Å². The molecule has 0 fully saturated rings. The fourth-order valence-electron chi connectivity index (χ4n) is 3.10. The van der Waals surface area contributed by atoms with Crippen LogP contribution in [-0.2, 0) is 21.9 Å². The number of nitrogens with one attached hydrogen (secondary N) is 2. The summed E-state index contributed by atoms with van der Waals surface area (Å²) >= 11 is 0. The van der Waals surface area contributed by atoms with E-state index in [-0.39, 0.29) is 28.8 Å². The summed E-state index contributed by atoms with van der Waals surface area (Å²) in [5.41, 5.74) is 0.947. The Kier molecular flexibility index (Phi) is 4.42. The molecule has 9 nitrogen and oxygen atoms in total. The summed E-state index contributed by atoms with van der Waals surface area (Å²) in [5.74, 6) is -0.0634. The molecule has 2 aromatic carbocycles. The van der Waals surface area contributed by atoms with Crippen molar-refractivity contribution in [3.8, 4) is 11.4 Å². The first-order valence-corrected chi connectivity index (χ1v) is 10.2. The lowest BCUT2D eigenvalue weighted by molar-refractivity contribution is -0.118. The summed E-state index contributed by atoms with van der Waals surface area (Å²) in [7, 11) is -2.38.